The first-order chi connectivity index (χ1) is 8.27. The molecule has 2 nitrogen and oxygen atoms in total. The number of carbonyl (C=O) groups excluding carboxylic acids is 1. The second-order valence-electron chi connectivity index (χ2n) is 3.72. The minimum absolute atomic E-state index is 0.0515. The highest BCUT2D eigenvalue weighted by Gasteiger charge is 2.40. The van der Waals surface area contributed by atoms with Gasteiger partial charge in [-0.1, -0.05) is 36.8 Å². The number of amides is 1. The smallest absolute Gasteiger partial charge is 0.274 e. The Bertz CT molecular complexity index is 453. The number of benzene rings is 1. The van der Waals surface area contributed by atoms with Crippen LogP contribution in [0.3, 0.4) is 0 Å². The van der Waals surface area contributed by atoms with E-state index in [1.54, 1.807) is 19.1 Å². The third-order valence-electron chi connectivity index (χ3n) is 2.29. The molecular formula is C12H12F3NOS. The predicted octanol–water partition coefficient (Wildman–Crippen LogP) is 3.63. The van der Waals surface area contributed by atoms with Crippen molar-refractivity contribution in [2.75, 3.05) is 4.90 Å². The molecule has 0 spiro atoms. The van der Waals surface area contributed by atoms with Crippen molar-refractivity contribution in [3.8, 4) is 0 Å². The van der Waals surface area contributed by atoms with Crippen molar-refractivity contribution in [1.82, 2.24) is 0 Å². The van der Waals surface area contributed by atoms with E-state index in [-0.39, 0.29) is 12.1 Å². The fourth-order valence-electron chi connectivity index (χ4n) is 1.35. The summed E-state index contributed by atoms with van der Waals surface area (Å²) < 4.78 is 37.9. The Labute approximate surface area is 108 Å². The van der Waals surface area contributed by atoms with Gasteiger partial charge in [-0.3, -0.25) is 9.69 Å². The largest absolute Gasteiger partial charge is 0.442 e. The van der Waals surface area contributed by atoms with Crippen molar-refractivity contribution in [3.63, 3.8) is 0 Å². The molecule has 0 saturated carbocycles. The van der Waals surface area contributed by atoms with Gasteiger partial charge in [0, 0.05) is 12.1 Å². The Kier molecular flexibility index (Phi) is 4.45. The summed E-state index contributed by atoms with van der Waals surface area (Å²) in [6, 6.07) is 6.15. The Balaban J connectivity index is 3.18. The number of anilines is 1. The minimum atomic E-state index is -4.70. The van der Waals surface area contributed by atoms with E-state index in [0.717, 1.165) is 5.56 Å². The zero-order chi connectivity index (χ0) is 13.9. The van der Waals surface area contributed by atoms with Gasteiger partial charge in [-0.05, 0) is 19.1 Å². The van der Waals surface area contributed by atoms with Gasteiger partial charge >= 0.3 is 6.18 Å². The van der Waals surface area contributed by atoms with E-state index in [1.807, 2.05) is 0 Å². The molecular weight excluding hydrogens is 263 g/mol. The molecule has 0 aromatic heterocycles. The van der Waals surface area contributed by atoms with Crippen LogP contribution in [0.2, 0.25) is 0 Å². The second-order valence-corrected chi connectivity index (χ2v) is 4.11. The second kappa shape index (κ2) is 5.48. The van der Waals surface area contributed by atoms with Crippen molar-refractivity contribution in [2.24, 2.45) is 0 Å². The molecule has 0 unspecified atom stereocenters. The fraction of sp³-hybridized carbons (Fsp3) is 0.333. The lowest BCUT2D eigenvalue weighted by molar-refractivity contribution is -0.118. The van der Waals surface area contributed by atoms with Crippen LogP contribution < -0.4 is 4.90 Å². The SMILES string of the molecule is CCC(=O)N(C(=S)C(F)(F)F)c1ccc(C)cc1. The first-order valence-corrected chi connectivity index (χ1v) is 5.69. The summed E-state index contributed by atoms with van der Waals surface area (Å²) in [7, 11) is 0. The predicted molar refractivity (Wildman–Crippen MR) is 67.6 cm³/mol. The Hall–Kier alpha value is -1.43. The number of aryl methyl sites for hydroxylation is 1. The van der Waals surface area contributed by atoms with Gasteiger partial charge in [0.1, 0.15) is 0 Å². The van der Waals surface area contributed by atoms with Crippen LogP contribution in [0.15, 0.2) is 24.3 Å². The van der Waals surface area contributed by atoms with Crippen molar-refractivity contribution in [3.05, 3.63) is 29.8 Å². The lowest BCUT2D eigenvalue weighted by atomic mass is 10.2. The van der Waals surface area contributed by atoms with Crippen LogP contribution in [0.4, 0.5) is 18.9 Å². The standard InChI is InChI=1S/C12H12F3NOS/c1-3-10(17)16(11(18)12(13,14)15)9-6-4-8(2)5-7-9/h4-7H,3H2,1-2H3. The van der Waals surface area contributed by atoms with Crippen LogP contribution in [-0.2, 0) is 4.79 Å². The van der Waals surface area contributed by atoms with E-state index in [9.17, 15) is 18.0 Å². The maximum atomic E-state index is 12.6. The van der Waals surface area contributed by atoms with Crippen LogP contribution in [0.5, 0.6) is 0 Å². The average molecular weight is 275 g/mol. The van der Waals surface area contributed by atoms with Gasteiger partial charge in [-0.25, -0.2) is 0 Å². The topological polar surface area (TPSA) is 20.3 Å². The van der Waals surface area contributed by atoms with E-state index in [1.165, 1.54) is 19.1 Å². The zero-order valence-electron chi connectivity index (χ0n) is 9.91. The highest BCUT2D eigenvalue weighted by molar-refractivity contribution is 7.80. The van der Waals surface area contributed by atoms with Gasteiger partial charge in [-0.2, -0.15) is 13.2 Å². The van der Waals surface area contributed by atoms with Gasteiger partial charge in [0.15, 0.2) is 4.99 Å². The minimum Gasteiger partial charge on any atom is -0.274 e. The third-order valence-corrected chi connectivity index (χ3v) is 2.70. The Morgan fingerprint density at radius 1 is 1.28 bits per heavy atom. The van der Waals surface area contributed by atoms with Crippen LogP contribution in [0, 0.1) is 6.92 Å². The summed E-state index contributed by atoms with van der Waals surface area (Å²) in [5, 5.41) is 0. The third kappa shape index (κ3) is 3.29. The highest BCUT2D eigenvalue weighted by Crippen LogP contribution is 2.26. The van der Waals surface area contributed by atoms with E-state index in [0.29, 0.717) is 4.90 Å². The monoisotopic (exact) mass is 275 g/mol. The number of alkyl halides is 3. The van der Waals surface area contributed by atoms with Crippen molar-refractivity contribution in [2.45, 2.75) is 26.4 Å². The van der Waals surface area contributed by atoms with E-state index < -0.39 is 17.1 Å². The summed E-state index contributed by atoms with van der Waals surface area (Å²) in [6.45, 7) is 3.29. The molecule has 0 heterocycles. The number of thiocarbonyl (C=S) groups is 1. The van der Waals surface area contributed by atoms with E-state index in [2.05, 4.69) is 12.2 Å². The van der Waals surface area contributed by atoms with Gasteiger partial charge in [0.2, 0.25) is 5.91 Å². The summed E-state index contributed by atoms with van der Waals surface area (Å²) in [5.41, 5.74) is 1.02. The first-order valence-electron chi connectivity index (χ1n) is 5.28. The molecule has 0 fully saturated rings. The lowest BCUT2D eigenvalue weighted by Crippen LogP contribution is -2.43. The average Bonchev–Trinajstić information content (AvgIpc) is 2.30. The molecule has 0 saturated heterocycles. The first kappa shape index (κ1) is 14.6. The molecule has 0 N–H and O–H groups in total. The molecule has 0 aliphatic heterocycles. The molecule has 6 heteroatoms. The molecule has 98 valence electrons. The summed E-state index contributed by atoms with van der Waals surface area (Å²) in [6.07, 6.45) is -4.75. The quantitative estimate of drug-likeness (QED) is 0.768. The summed E-state index contributed by atoms with van der Waals surface area (Å²) >= 11 is 4.35. The molecule has 0 bridgehead atoms. The fourth-order valence-corrected chi connectivity index (χ4v) is 1.56. The number of halogens is 3. The molecule has 0 atom stereocenters. The maximum absolute atomic E-state index is 12.6. The molecule has 1 amide bonds. The van der Waals surface area contributed by atoms with Crippen LogP contribution >= 0.6 is 12.2 Å². The van der Waals surface area contributed by atoms with Crippen LogP contribution in [-0.4, -0.2) is 17.1 Å². The van der Waals surface area contributed by atoms with E-state index >= 15 is 0 Å². The van der Waals surface area contributed by atoms with Gasteiger partial charge in [-0.15, -0.1) is 0 Å². The van der Waals surface area contributed by atoms with Crippen molar-refractivity contribution >= 4 is 28.8 Å². The number of rotatable bonds is 2. The number of hydrogen-bond donors (Lipinski definition) is 0. The zero-order valence-corrected chi connectivity index (χ0v) is 10.7. The summed E-state index contributed by atoms with van der Waals surface area (Å²) in [4.78, 5) is 10.8. The number of hydrogen-bond acceptors (Lipinski definition) is 2. The normalized spacial score (nSPS) is 11.2. The van der Waals surface area contributed by atoms with Gasteiger partial charge in [0.25, 0.3) is 0 Å². The highest BCUT2D eigenvalue weighted by atomic mass is 32.1. The molecule has 0 aliphatic rings. The molecule has 18 heavy (non-hydrogen) atoms. The summed E-state index contributed by atoms with van der Waals surface area (Å²) in [5.74, 6) is -0.679. The van der Waals surface area contributed by atoms with Gasteiger partial charge < -0.3 is 0 Å². The maximum Gasteiger partial charge on any atom is 0.442 e. The number of carbonyl (C=O) groups is 1. The molecule has 0 radical (unpaired) electrons. The molecule has 1 aromatic rings. The van der Waals surface area contributed by atoms with Crippen LogP contribution in [0.25, 0.3) is 0 Å². The Morgan fingerprint density at radius 2 is 1.78 bits per heavy atom. The van der Waals surface area contributed by atoms with Crippen LogP contribution in [0.1, 0.15) is 18.9 Å². The van der Waals surface area contributed by atoms with Crippen molar-refractivity contribution in [1.29, 1.82) is 0 Å². The van der Waals surface area contributed by atoms with E-state index in [4.69, 9.17) is 0 Å². The molecule has 1 rings (SSSR count). The van der Waals surface area contributed by atoms with Gasteiger partial charge in [0.05, 0.1) is 0 Å². The molecule has 0 aliphatic carbocycles. The Morgan fingerprint density at radius 3 is 2.17 bits per heavy atom. The lowest BCUT2D eigenvalue weighted by Gasteiger charge is -2.24. The van der Waals surface area contributed by atoms with Crippen molar-refractivity contribution < 1.29 is 18.0 Å². The molecule has 1 aromatic carbocycles. The number of nitrogens with zero attached hydrogens (tertiary/aromatic N) is 1.